The number of hydrogen-bond donors (Lipinski definition) is 2. The molecule has 0 aliphatic rings. The lowest BCUT2D eigenvalue weighted by Gasteiger charge is -2.09. The van der Waals surface area contributed by atoms with E-state index in [1.807, 2.05) is 19.1 Å². The Balaban J connectivity index is 1.91. The summed E-state index contributed by atoms with van der Waals surface area (Å²) in [6.07, 6.45) is 0. The number of aryl methyl sites for hydroxylation is 1. The van der Waals surface area contributed by atoms with Crippen molar-refractivity contribution in [1.82, 2.24) is 10.2 Å². The highest BCUT2D eigenvalue weighted by Crippen LogP contribution is 2.24. The van der Waals surface area contributed by atoms with Crippen LogP contribution in [0.15, 0.2) is 59.5 Å². The van der Waals surface area contributed by atoms with Gasteiger partial charge >= 0.3 is 0 Å². The predicted molar refractivity (Wildman–Crippen MR) is 91.0 cm³/mol. The van der Waals surface area contributed by atoms with Crippen molar-refractivity contribution in [3.63, 3.8) is 0 Å². The van der Waals surface area contributed by atoms with Crippen molar-refractivity contribution >= 4 is 27.3 Å². The molecule has 1 aromatic heterocycles. The van der Waals surface area contributed by atoms with Crippen LogP contribution in [0.1, 0.15) is 5.69 Å². The molecule has 3 aromatic rings. The number of halogens is 1. The lowest BCUT2D eigenvalue weighted by molar-refractivity contribution is 0.601. The van der Waals surface area contributed by atoms with Crippen LogP contribution in [-0.2, 0) is 10.0 Å². The molecule has 5 nitrogen and oxygen atoms in total. The van der Waals surface area contributed by atoms with E-state index in [0.29, 0.717) is 10.7 Å². The van der Waals surface area contributed by atoms with Crippen LogP contribution in [0.5, 0.6) is 0 Å². The van der Waals surface area contributed by atoms with Crippen LogP contribution in [-0.4, -0.2) is 18.6 Å². The summed E-state index contributed by atoms with van der Waals surface area (Å²) >= 11 is 5.86. The van der Waals surface area contributed by atoms with Gasteiger partial charge in [0.05, 0.1) is 10.6 Å². The molecule has 0 amide bonds. The van der Waals surface area contributed by atoms with Crippen LogP contribution in [0.2, 0.25) is 5.02 Å². The van der Waals surface area contributed by atoms with Gasteiger partial charge < -0.3 is 0 Å². The normalized spacial score (nSPS) is 11.4. The fourth-order valence-corrected chi connectivity index (χ4v) is 3.51. The Morgan fingerprint density at radius 1 is 1.09 bits per heavy atom. The number of hydrogen-bond acceptors (Lipinski definition) is 3. The molecule has 0 spiro atoms. The van der Waals surface area contributed by atoms with Crippen LogP contribution < -0.4 is 4.72 Å². The quantitative estimate of drug-likeness (QED) is 0.753. The van der Waals surface area contributed by atoms with Gasteiger partial charge in [0, 0.05) is 22.0 Å². The lowest BCUT2D eigenvalue weighted by Crippen LogP contribution is -2.12. The molecule has 0 saturated carbocycles. The molecule has 1 heterocycles. The monoisotopic (exact) mass is 347 g/mol. The number of aromatic nitrogens is 2. The molecule has 118 valence electrons. The summed E-state index contributed by atoms with van der Waals surface area (Å²) in [6, 6.07) is 15.1. The number of rotatable bonds is 4. The molecule has 0 radical (unpaired) electrons. The second-order valence-electron chi connectivity index (χ2n) is 5.08. The van der Waals surface area contributed by atoms with Crippen molar-refractivity contribution in [3.05, 3.63) is 65.3 Å². The molecule has 2 N–H and O–H groups in total. The van der Waals surface area contributed by atoms with Gasteiger partial charge in [0.15, 0.2) is 0 Å². The summed E-state index contributed by atoms with van der Waals surface area (Å²) < 4.78 is 27.4. The van der Waals surface area contributed by atoms with E-state index in [0.717, 1.165) is 17.0 Å². The minimum Gasteiger partial charge on any atom is -0.282 e. The van der Waals surface area contributed by atoms with Gasteiger partial charge in [0.1, 0.15) is 0 Å². The Morgan fingerprint density at radius 3 is 2.57 bits per heavy atom. The number of aromatic amines is 1. The molecule has 3 rings (SSSR count). The van der Waals surface area contributed by atoms with Crippen molar-refractivity contribution in [3.8, 4) is 11.3 Å². The molecular formula is C16H14ClN3O2S. The zero-order valence-electron chi connectivity index (χ0n) is 12.2. The number of nitrogens with zero attached hydrogens (tertiary/aromatic N) is 1. The number of H-pyrrole nitrogens is 1. The van der Waals surface area contributed by atoms with Crippen molar-refractivity contribution in [2.24, 2.45) is 0 Å². The summed E-state index contributed by atoms with van der Waals surface area (Å²) in [5.74, 6) is 0. The van der Waals surface area contributed by atoms with Crippen molar-refractivity contribution in [1.29, 1.82) is 0 Å². The third kappa shape index (κ3) is 3.55. The Morgan fingerprint density at radius 2 is 1.87 bits per heavy atom. The SMILES string of the molecule is Cc1cc(-c2cccc(NS(=O)(=O)c3cccc(Cl)c3)c2)n[nH]1. The topological polar surface area (TPSA) is 74.8 Å². The summed E-state index contributed by atoms with van der Waals surface area (Å²) in [5.41, 5.74) is 2.97. The van der Waals surface area contributed by atoms with E-state index in [4.69, 9.17) is 11.6 Å². The van der Waals surface area contributed by atoms with Gasteiger partial charge in [-0.3, -0.25) is 9.82 Å². The standard InChI is InChI=1S/C16H14ClN3O2S/c1-11-8-16(19-18-11)12-4-2-6-14(9-12)20-23(21,22)15-7-3-5-13(17)10-15/h2-10,20H,1H3,(H,18,19). The molecule has 23 heavy (non-hydrogen) atoms. The Kier molecular flexibility index (Phi) is 4.11. The molecule has 0 saturated heterocycles. The Bertz CT molecular complexity index is 951. The first-order valence-electron chi connectivity index (χ1n) is 6.85. The average molecular weight is 348 g/mol. The predicted octanol–water partition coefficient (Wildman–Crippen LogP) is 3.84. The van der Waals surface area contributed by atoms with E-state index in [1.54, 1.807) is 30.3 Å². The van der Waals surface area contributed by atoms with Crippen molar-refractivity contribution in [2.45, 2.75) is 11.8 Å². The first-order valence-corrected chi connectivity index (χ1v) is 8.71. The minimum atomic E-state index is -3.69. The maximum atomic E-state index is 12.4. The number of benzene rings is 2. The van der Waals surface area contributed by atoms with E-state index < -0.39 is 10.0 Å². The van der Waals surface area contributed by atoms with Crippen LogP contribution in [0, 0.1) is 6.92 Å². The summed E-state index contributed by atoms with van der Waals surface area (Å²) in [4.78, 5) is 0.117. The van der Waals surface area contributed by atoms with Crippen LogP contribution in [0.3, 0.4) is 0 Å². The molecule has 0 aliphatic carbocycles. The van der Waals surface area contributed by atoms with Crippen LogP contribution in [0.25, 0.3) is 11.3 Å². The van der Waals surface area contributed by atoms with Gasteiger partial charge in [-0.15, -0.1) is 0 Å². The zero-order chi connectivity index (χ0) is 16.4. The highest BCUT2D eigenvalue weighted by atomic mass is 35.5. The molecule has 0 fully saturated rings. The van der Waals surface area contributed by atoms with Gasteiger partial charge in [0.2, 0.25) is 0 Å². The second kappa shape index (κ2) is 6.06. The maximum Gasteiger partial charge on any atom is 0.261 e. The Hall–Kier alpha value is -2.31. The summed E-state index contributed by atoms with van der Waals surface area (Å²) in [6.45, 7) is 1.90. The van der Waals surface area contributed by atoms with Gasteiger partial charge in [-0.2, -0.15) is 5.10 Å². The molecule has 0 aliphatic heterocycles. The maximum absolute atomic E-state index is 12.4. The van der Waals surface area contributed by atoms with Crippen LogP contribution in [0.4, 0.5) is 5.69 Å². The highest BCUT2D eigenvalue weighted by molar-refractivity contribution is 7.92. The molecular weight excluding hydrogens is 334 g/mol. The van der Waals surface area contributed by atoms with Crippen molar-refractivity contribution in [2.75, 3.05) is 4.72 Å². The third-order valence-corrected chi connectivity index (χ3v) is 4.84. The summed E-state index contributed by atoms with van der Waals surface area (Å²) in [7, 11) is -3.69. The highest BCUT2D eigenvalue weighted by Gasteiger charge is 2.15. The lowest BCUT2D eigenvalue weighted by atomic mass is 10.1. The minimum absolute atomic E-state index is 0.117. The average Bonchev–Trinajstić information content (AvgIpc) is 2.94. The fourth-order valence-electron chi connectivity index (χ4n) is 2.16. The Labute approximate surface area is 139 Å². The van der Waals surface area contributed by atoms with E-state index in [1.165, 1.54) is 12.1 Å². The largest absolute Gasteiger partial charge is 0.282 e. The third-order valence-electron chi connectivity index (χ3n) is 3.22. The molecule has 0 unspecified atom stereocenters. The van der Waals surface area contributed by atoms with Gasteiger partial charge in [-0.05, 0) is 43.3 Å². The second-order valence-corrected chi connectivity index (χ2v) is 7.20. The van der Waals surface area contributed by atoms with E-state index in [2.05, 4.69) is 14.9 Å². The van der Waals surface area contributed by atoms with Gasteiger partial charge in [-0.1, -0.05) is 29.8 Å². The molecule has 0 bridgehead atoms. The van der Waals surface area contributed by atoms with Gasteiger partial charge in [0.25, 0.3) is 10.0 Å². The van der Waals surface area contributed by atoms with Crippen LogP contribution >= 0.6 is 11.6 Å². The number of anilines is 1. The first kappa shape index (κ1) is 15.6. The van der Waals surface area contributed by atoms with E-state index >= 15 is 0 Å². The molecule has 0 atom stereocenters. The van der Waals surface area contributed by atoms with Gasteiger partial charge in [-0.25, -0.2) is 8.42 Å². The van der Waals surface area contributed by atoms with E-state index in [9.17, 15) is 8.42 Å². The van der Waals surface area contributed by atoms with Crippen molar-refractivity contribution < 1.29 is 8.42 Å². The number of nitrogens with one attached hydrogen (secondary N) is 2. The summed E-state index contributed by atoms with van der Waals surface area (Å²) in [5, 5.41) is 7.41. The first-order chi connectivity index (χ1) is 10.9. The number of sulfonamides is 1. The smallest absolute Gasteiger partial charge is 0.261 e. The fraction of sp³-hybridized carbons (Fsp3) is 0.0625. The van der Waals surface area contributed by atoms with E-state index in [-0.39, 0.29) is 4.90 Å². The molecule has 7 heteroatoms. The molecule has 2 aromatic carbocycles. The zero-order valence-corrected chi connectivity index (χ0v) is 13.8.